The Bertz CT molecular complexity index is 1160. The molecule has 1 aliphatic heterocycles. The van der Waals surface area contributed by atoms with Gasteiger partial charge in [-0.05, 0) is 55.3 Å². The van der Waals surface area contributed by atoms with E-state index in [0.29, 0.717) is 24.5 Å². The molecule has 6 nitrogen and oxygen atoms in total. The van der Waals surface area contributed by atoms with Gasteiger partial charge in [-0.2, -0.15) is 22.6 Å². The van der Waals surface area contributed by atoms with Crippen molar-refractivity contribution in [3.63, 3.8) is 0 Å². The number of nitrogens with zero attached hydrogens (tertiary/aromatic N) is 3. The van der Waals surface area contributed by atoms with Gasteiger partial charge in [0.15, 0.2) is 5.82 Å². The number of benzene rings is 2. The molecule has 1 N–H and O–H groups in total. The van der Waals surface area contributed by atoms with E-state index in [9.17, 15) is 26.0 Å². The van der Waals surface area contributed by atoms with Gasteiger partial charge in [0.05, 0.1) is 16.5 Å². The average Bonchev–Trinajstić information content (AvgIpc) is 3.38. The zero-order valence-corrected chi connectivity index (χ0v) is 16.2. The third kappa shape index (κ3) is 3.82. The Hall–Kier alpha value is -2.79. The van der Waals surface area contributed by atoms with Crippen molar-refractivity contribution in [1.29, 1.82) is 0 Å². The van der Waals surface area contributed by atoms with Gasteiger partial charge in [0, 0.05) is 12.1 Å². The maximum absolute atomic E-state index is 13.1. The molecule has 1 atom stereocenters. The van der Waals surface area contributed by atoms with Crippen molar-refractivity contribution in [1.82, 2.24) is 19.5 Å². The van der Waals surface area contributed by atoms with Gasteiger partial charge in [0.2, 0.25) is 10.0 Å². The molecule has 0 saturated carbocycles. The van der Waals surface area contributed by atoms with Gasteiger partial charge in [0.1, 0.15) is 11.6 Å². The second-order valence-electron chi connectivity index (χ2n) is 6.85. The highest BCUT2D eigenvalue weighted by Crippen LogP contribution is 2.37. The molecule has 0 spiro atoms. The van der Waals surface area contributed by atoms with Crippen LogP contribution in [0.15, 0.2) is 53.4 Å². The highest BCUT2D eigenvalue weighted by Gasteiger charge is 2.39. The van der Waals surface area contributed by atoms with Crippen LogP contribution in [-0.4, -0.2) is 34.4 Å². The summed E-state index contributed by atoms with van der Waals surface area (Å²) in [6.45, 7) is 0.149. The number of H-pyrrole nitrogens is 1. The van der Waals surface area contributed by atoms with Crippen LogP contribution >= 0.6 is 0 Å². The Morgan fingerprint density at radius 3 is 2.53 bits per heavy atom. The first-order valence-corrected chi connectivity index (χ1v) is 10.5. The molecule has 30 heavy (non-hydrogen) atoms. The molecule has 1 unspecified atom stereocenters. The van der Waals surface area contributed by atoms with Crippen LogP contribution in [0.25, 0.3) is 11.4 Å². The minimum absolute atomic E-state index is 0.149. The van der Waals surface area contributed by atoms with E-state index in [0.717, 1.165) is 22.5 Å². The molecule has 1 aromatic heterocycles. The molecule has 1 saturated heterocycles. The summed E-state index contributed by atoms with van der Waals surface area (Å²) in [7, 11) is -4.18. The molecule has 0 bridgehead atoms. The van der Waals surface area contributed by atoms with Gasteiger partial charge in [-0.25, -0.2) is 17.8 Å². The Balaban J connectivity index is 1.65. The van der Waals surface area contributed by atoms with Gasteiger partial charge in [-0.3, -0.25) is 5.10 Å². The summed E-state index contributed by atoms with van der Waals surface area (Å²) in [6.07, 6.45) is -3.68. The number of sulfonamides is 1. The molecule has 11 heteroatoms. The minimum atomic E-state index is -4.65. The Morgan fingerprint density at radius 2 is 1.83 bits per heavy atom. The molecule has 3 aromatic rings. The van der Waals surface area contributed by atoms with E-state index in [1.54, 1.807) is 0 Å². The molecule has 2 heterocycles. The van der Waals surface area contributed by atoms with E-state index < -0.39 is 38.5 Å². The van der Waals surface area contributed by atoms with Gasteiger partial charge in [-0.15, -0.1) is 0 Å². The number of alkyl halides is 3. The van der Waals surface area contributed by atoms with Crippen molar-refractivity contribution in [3.05, 3.63) is 65.7 Å². The highest BCUT2D eigenvalue weighted by molar-refractivity contribution is 7.89. The molecule has 0 radical (unpaired) electrons. The number of aromatic amines is 1. The molecule has 2 aromatic carbocycles. The van der Waals surface area contributed by atoms with Crippen LogP contribution in [0.1, 0.15) is 30.3 Å². The van der Waals surface area contributed by atoms with E-state index >= 15 is 0 Å². The second kappa shape index (κ2) is 7.47. The zero-order valence-electron chi connectivity index (χ0n) is 15.4. The van der Waals surface area contributed by atoms with Crippen LogP contribution in [0.4, 0.5) is 17.6 Å². The molecular weight excluding hydrogens is 424 g/mol. The first-order chi connectivity index (χ1) is 14.2. The molecule has 1 aliphatic rings. The van der Waals surface area contributed by atoms with Crippen LogP contribution < -0.4 is 0 Å². The lowest BCUT2D eigenvalue weighted by Crippen LogP contribution is -2.31. The first-order valence-electron chi connectivity index (χ1n) is 9.03. The Kier molecular flexibility index (Phi) is 5.10. The number of hydrogen-bond donors (Lipinski definition) is 1. The van der Waals surface area contributed by atoms with Crippen molar-refractivity contribution in [2.45, 2.75) is 30.0 Å². The monoisotopic (exact) mass is 440 g/mol. The van der Waals surface area contributed by atoms with E-state index in [-0.39, 0.29) is 18.2 Å². The van der Waals surface area contributed by atoms with Gasteiger partial charge in [0.25, 0.3) is 0 Å². The number of aromatic nitrogens is 3. The summed E-state index contributed by atoms with van der Waals surface area (Å²) in [6, 6.07) is 8.48. The van der Waals surface area contributed by atoms with E-state index in [1.807, 2.05) is 0 Å². The summed E-state index contributed by atoms with van der Waals surface area (Å²) < 4.78 is 79.4. The summed E-state index contributed by atoms with van der Waals surface area (Å²) in [5, 5.41) is 6.78. The smallest absolute Gasteiger partial charge is 0.261 e. The van der Waals surface area contributed by atoms with Crippen LogP contribution in [0.5, 0.6) is 0 Å². The van der Waals surface area contributed by atoms with E-state index in [4.69, 9.17) is 0 Å². The summed E-state index contributed by atoms with van der Waals surface area (Å²) in [4.78, 5) is 3.90. The highest BCUT2D eigenvalue weighted by atomic mass is 32.2. The second-order valence-corrected chi connectivity index (χ2v) is 8.74. The predicted octanol–water partition coefficient (Wildman–Crippen LogP) is 4.16. The van der Waals surface area contributed by atoms with Crippen molar-refractivity contribution in [2.24, 2.45) is 0 Å². The SMILES string of the molecule is O=S(=O)(c1cccc(C(F)(F)F)c1)N1CCCC1c1nc(-c2ccc(F)cc2)n[nH]1. The quantitative estimate of drug-likeness (QED) is 0.618. The normalized spacial score (nSPS) is 18.1. The van der Waals surface area contributed by atoms with Crippen LogP contribution in [0.2, 0.25) is 0 Å². The fourth-order valence-corrected chi connectivity index (χ4v) is 5.13. The fraction of sp³-hybridized carbons (Fsp3) is 0.263. The first kappa shape index (κ1) is 20.5. The lowest BCUT2D eigenvalue weighted by molar-refractivity contribution is -0.137. The van der Waals surface area contributed by atoms with Crippen LogP contribution in [0.3, 0.4) is 0 Å². The molecular formula is C19H16F4N4O2S. The van der Waals surface area contributed by atoms with Crippen molar-refractivity contribution >= 4 is 10.0 Å². The van der Waals surface area contributed by atoms with Gasteiger partial charge >= 0.3 is 6.18 Å². The zero-order chi connectivity index (χ0) is 21.5. The maximum Gasteiger partial charge on any atom is 0.416 e. The molecule has 158 valence electrons. The summed E-state index contributed by atoms with van der Waals surface area (Å²) >= 11 is 0. The van der Waals surface area contributed by atoms with E-state index in [2.05, 4.69) is 15.2 Å². The standard InChI is InChI=1S/C19H16F4N4O2S/c20-14-8-6-12(7-9-14)17-24-18(26-25-17)16-5-2-10-27(16)30(28,29)15-4-1-3-13(11-15)19(21,22)23/h1,3-4,6-9,11,16H,2,5,10H2,(H,24,25,26). The van der Waals surface area contributed by atoms with E-state index in [1.165, 1.54) is 24.3 Å². The molecule has 0 amide bonds. The van der Waals surface area contributed by atoms with Crippen LogP contribution in [0, 0.1) is 5.82 Å². The Morgan fingerprint density at radius 1 is 1.10 bits per heavy atom. The number of hydrogen-bond acceptors (Lipinski definition) is 4. The van der Waals surface area contributed by atoms with Gasteiger partial charge < -0.3 is 0 Å². The Labute approximate surface area is 169 Å². The molecule has 1 fully saturated rings. The summed E-state index contributed by atoms with van der Waals surface area (Å²) in [5.74, 6) is 0.138. The maximum atomic E-state index is 13.1. The lowest BCUT2D eigenvalue weighted by Gasteiger charge is -2.22. The fourth-order valence-electron chi connectivity index (χ4n) is 3.42. The average molecular weight is 440 g/mol. The largest absolute Gasteiger partial charge is 0.416 e. The molecule has 4 rings (SSSR count). The van der Waals surface area contributed by atoms with Crippen molar-refractivity contribution in [2.75, 3.05) is 6.54 Å². The van der Waals surface area contributed by atoms with Gasteiger partial charge in [-0.1, -0.05) is 6.07 Å². The van der Waals surface area contributed by atoms with Crippen LogP contribution in [-0.2, 0) is 16.2 Å². The minimum Gasteiger partial charge on any atom is -0.261 e. The predicted molar refractivity (Wildman–Crippen MR) is 99.1 cm³/mol. The third-order valence-electron chi connectivity index (χ3n) is 4.89. The molecule has 0 aliphatic carbocycles. The third-order valence-corrected chi connectivity index (χ3v) is 6.80. The van der Waals surface area contributed by atoms with Crippen molar-refractivity contribution in [3.8, 4) is 11.4 Å². The number of rotatable bonds is 4. The number of nitrogens with one attached hydrogen (secondary N) is 1. The number of halogens is 4. The summed E-state index contributed by atoms with van der Waals surface area (Å²) in [5.41, 5.74) is -0.484. The van der Waals surface area contributed by atoms with Crippen molar-refractivity contribution < 1.29 is 26.0 Å². The topological polar surface area (TPSA) is 79.0 Å². The lowest BCUT2D eigenvalue weighted by atomic mass is 10.2.